The molecule has 0 radical (unpaired) electrons. The summed E-state index contributed by atoms with van der Waals surface area (Å²) in [5.74, 6) is 0.717. The third-order valence-corrected chi connectivity index (χ3v) is 5.29. The van der Waals surface area contributed by atoms with Gasteiger partial charge in [0, 0.05) is 19.6 Å². The molecule has 0 aromatic heterocycles. The number of nitrogens with zero attached hydrogens (tertiary/aromatic N) is 1. The first-order valence-electron chi connectivity index (χ1n) is 9.09. The van der Waals surface area contributed by atoms with Crippen LogP contribution >= 0.6 is 0 Å². The molecule has 0 amide bonds. The minimum Gasteiger partial charge on any atom is -0.295 e. The van der Waals surface area contributed by atoms with Crippen LogP contribution in [0.2, 0.25) is 0 Å². The van der Waals surface area contributed by atoms with Crippen LogP contribution < -0.4 is 0 Å². The first-order chi connectivity index (χ1) is 11.9. The van der Waals surface area contributed by atoms with Crippen LogP contribution in [0.5, 0.6) is 0 Å². The number of allylic oxidation sites excluding steroid dienone is 3. The molecule has 1 aliphatic heterocycles. The third-order valence-electron chi connectivity index (χ3n) is 5.29. The Kier molecular flexibility index (Phi) is 4.62. The van der Waals surface area contributed by atoms with Crippen molar-refractivity contribution in [2.75, 3.05) is 13.1 Å². The Morgan fingerprint density at radius 3 is 2.42 bits per heavy atom. The molecule has 2 aliphatic rings. The summed E-state index contributed by atoms with van der Waals surface area (Å²) in [5, 5.41) is 0. The van der Waals surface area contributed by atoms with Crippen LogP contribution in [0.4, 0.5) is 0 Å². The zero-order chi connectivity index (χ0) is 16.2. The number of hydrogen-bond acceptors (Lipinski definition) is 1. The van der Waals surface area contributed by atoms with Crippen LogP contribution in [0.25, 0.3) is 5.57 Å². The molecule has 2 aromatic carbocycles. The second kappa shape index (κ2) is 7.19. The number of hydrogen-bond donors (Lipinski definition) is 0. The van der Waals surface area contributed by atoms with E-state index in [0.717, 1.165) is 19.5 Å². The molecule has 0 spiro atoms. The Bertz CT molecular complexity index is 727. The van der Waals surface area contributed by atoms with Crippen LogP contribution in [-0.2, 0) is 6.54 Å². The first-order valence-corrected chi connectivity index (χ1v) is 9.09. The highest BCUT2D eigenvalue weighted by Crippen LogP contribution is 2.37. The molecule has 1 atom stereocenters. The van der Waals surface area contributed by atoms with Crippen molar-refractivity contribution in [3.63, 3.8) is 0 Å². The number of fused-ring (bicyclic) bond motifs is 1. The molecule has 1 heterocycles. The average Bonchev–Trinajstić information content (AvgIpc) is 2.99. The summed E-state index contributed by atoms with van der Waals surface area (Å²) in [6.07, 6.45) is 8.32. The Hall–Kier alpha value is -2.12. The molecule has 0 saturated carbocycles. The Morgan fingerprint density at radius 2 is 1.62 bits per heavy atom. The Morgan fingerprint density at radius 1 is 0.875 bits per heavy atom. The van der Waals surface area contributed by atoms with E-state index in [0.29, 0.717) is 5.92 Å². The predicted molar refractivity (Wildman–Crippen MR) is 102 cm³/mol. The van der Waals surface area contributed by atoms with Gasteiger partial charge >= 0.3 is 0 Å². The highest BCUT2D eigenvalue weighted by molar-refractivity contribution is 5.71. The molecular formula is C23H25N. The van der Waals surface area contributed by atoms with E-state index in [-0.39, 0.29) is 0 Å². The molecule has 122 valence electrons. The normalized spacial score (nSPS) is 25.8. The van der Waals surface area contributed by atoms with Gasteiger partial charge in [0.1, 0.15) is 0 Å². The molecule has 1 heteroatoms. The largest absolute Gasteiger partial charge is 0.295 e. The van der Waals surface area contributed by atoms with Crippen molar-refractivity contribution in [1.29, 1.82) is 0 Å². The van der Waals surface area contributed by atoms with Gasteiger partial charge in [-0.2, -0.15) is 0 Å². The lowest BCUT2D eigenvalue weighted by Gasteiger charge is -2.18. The summed E-state index contributed by atoms with van der Waals surface area (Å²) in [6.45, 7) is 3.39. The lowest BCUT2D eigenvalue weighted by Crippen LogP contribution is -2.20. The van der Waals surface area contributed by atoms with Gasteiger partial charge in [-0.25, -0.2) is 0 Å². The van der Waals surface area contributed by atoms with E-state index in [9.17, 15) is 0 Å². The molecule has 1 unspecified atom stereocenters. The Balaban J connectivity index is 1.62. The van der Waals surface area contributed by atoms with Crippen molar-refractivity contribution < 1.29 is 0 Å². The van der Waals surface area contributed by atoms with Crippen LogP contribution in [0, 0.1) is 5.92 Å². The van der Waals surface area contributed by atoms with Crippen LogP contribution in [0.1, 0.15) is 30.4 Å². The second-order valence-electron chi connectivity index (χ2n) is 6.97. The Labute approximate surface area is 145 Å². The van der Waals surface area contributed by atoms with Crippen LogP contribution in [0.15, 0.2) is 78.4 Å². The van der Waals surface area contributed by atoms with E-state index in [1.807, 2.05) is 0 Å². The molecule has 1 nitrogen and oxygen atoms in total. The van der Waals surface area contributed by atoms with Crippen molar-refractivity contribution in [2.24, 2.45) is 5.92 Å². The summed E-state index contributed by atoms with van der Waals surface area (Å²) in [7, 11) is 0. The van der Waals surface area contributed by atoms with Crippen LogP contribution in [0.3, 0.4) is 0 Å². The molecular weight excluding hydrogens is 290 g/mol. The maximum atomic E-state index is 2.63. The minimum atomic E-state index is 0.717. The number of likely N-dealkylation sites (tertiary alicyclic amines) is 1. The van der Waals surface area contributed by atoms with Gasteiger partial charge in [0.05, 0.1) is 0 Å². The quantitative estimate of drug-likeness (QED) is 0.694. The molecule has 24 heavy (non-hydrogen) atoms. The summed E-state index contributed by atoms with van der Waals surface area (Å²) in [4.78, 5) is 2.63. The molecule has 1 fully saturated rings. The zero-order valence-corrected chi connectivity index (χ0v) is 14.2. The fourth-order valence-corrected chi connectivity index (χ4v) is 4.12. The highest BCUT2D eigenvalue weighted by atomic mass is 15.1. The standard InChI is InChI=1S/C23H25N/c1-4-10-19(11-5-1)16-24-17-21-14-8-3-9-15-22(23(21)18-24)20-12-6-2-7-13-20/h1-7,9-13,21H,8,14-18H2/b9-3-,23-22+. The molecule has 1 saturated heterocycles. The van der Waals surface area contributed by atoms with Gasteiger partial charge in [0.25, 0.3) is 0 Å². The molecule has 2 aromatic rings. The van der Waals surface area contributed by atoms with Gasteiger partial charge < -0.3 is 0 Å². The lowest BCUT2D eigenvalue weighted by atomic mass is 9.86. The van der Waals surface area contributed by atoms with Gasteiger partial charge in [-0.05, 0) is 47.5 Å². The molecule has 1 aliphatic carbocycles. The van der Waals surface area contributed by atoms with Crippen molar-refractivity contribution in [3.8, 4) is 0 Å². The monoisotopic (exact) mass is 315 g/mol. The van der Waals surface area contributed by atoms with Gasteiger partial charge in [-0.15, -0.1) is 0 Å². The molecule has 0 bridgehead atoms. The first kappa shape index (κ1) is 15.4. The molecule has 4 rings (SSSR count). The van der Waals surface area contributed by atoms with E-state index in [1.54, 1.807) is 11.1 Å². The third kappa shape index (κ3) is 3.37. The van der Waals surface area contributed by atoms with Gasteiger partial charge in [0.15, 0.2) is 0 Å². The maximum Gasteiger partial charge on any atom is 0.0237 e. The smallest absolute Gasteiger partial charge is 0.0237 e. The number of benzene rings is 2. The second-order valence-corrected chi connectivity index (χ2v) is 6.97. The van der Waals surface area contributed by atoms with Crippen molar-refractivity contribution in [2.45, 2.75) is 25.8 Å². The van der Waals surface area contributed by atoms with Crippen molar-refractivity contribution in [1.82, 2.24) is 4.90 Å². The summed E-state index contributed by atoms with van der Waals surface area (Å²) in [5.41, 5.74) is 6.07. The fourth-order valence-electron chi connectivity index (χ4n) is 4.12. The lowest BCUT2D eigenvalue weighted by molar-refractivity contribution is 0.314. The fraction of sp³-hybridized carbons (Fsp3) is 0.304. The van der Waals surface area contributed by atoms with E-state index >= 15 is 0 Å². The van der Waals surface area contributed by atoms with Gasteiger partial charge in [-0.1, -0.05) is 72.8 Å². The van der Waals surface area contributed by atoms with E-state index < -0.39 is 0 Å². The number of rotatable bonds is 3. The SMILES string of the molecule is C1=C\C/C(c2ccccc2)=C2/CN(Cc3ccccc3)CC2CC/1. The van der Waals surface area contributed by atoms with E-state index in [1.165, 1.54) is 30.5 Å². The highest BCUT2D eigenvalue weighted by Gasteiger charge is 2.29. The van der Waals surface area contributed by atoms with Gasteiger partial charge in [-0.3, -0.25) is 4.90 Å². The molecule has 0 N–H and O–H groups in total. The predicted octanol–water partition coefficient (Wildman–Crippen LogP) is 5.31. The maximum absolute atomic E-state index is 2.63. The summed E-state index contributed by atoms with van der Waals surface area (Å²) >= 11 is 0. The van der Waals surface area contributed by atoms with E-state index in [4.69, 9.17) is 0 Å². The topological polar surface area (TPSA) is 3.24 Å². The minimum absolute atomic E-state index is 0.717. The van der Waals surface area contributed by atoms with Crippen LogP contribution in [-0.4, -0.2) is 18.0 Å². The van der Waals surface area contributed by atoms with Gasteiger partial charge in [0.2, 0.25) is 0 Å². The van der Waals surface area contributed by atoms with Crippen molar-refractivity contribution >= 4 is 5.57 Å². The average molecular weight is 315 g/mol. The summed E-state index contributed by atoms with van der Waals surface area (Å²) < 4.78 is 0. The van der Waals surface area contributed by atoms with E-state index in [2.05, 4.69) is 77.7 Å². The summed E-state index contributed by atoms with van der Waals surface area (Å²) in [6, 6.07) is 21.9. The van der Waals surface area contributed by atoms with Crippen molar-refractivity contribution in [3.05, 3.63) is 89.5 Å². The zero-order valence-electron chi connectivity index (χ0n) is 14.2.